The Bertz CT molecular complexity index is 1070. The summed E-state index contributed by atoms with van der Waals surface area (Å²) < 4.78 is 34.4. The fourth-order valence-electron chi connectivity index (χ4n) is 4.95. The third-order valence-electron chi connectivity index (χ3n) is 6.95. The predicted molar refractivity (Wildman–Crippen MR) is 129 cm³/mol. The van der Waals surface area contributed by atoms with Crippen molar-refractivity contribution in [3.63, 3.8) is 0 Å². The number of hydrogen-bond donors (Lipinski definition) is 0. The van der Waals surface area contributed by atoms with Crippen LogP contribution >= 0.6 is 11.6 Å². The molecule has 1 aliphatic carbocycles. The van der Waals surface area contributed by atoms with Crippen molar-refractivity contribution in [3.8, 4) is 0 Å². The minimum atomic E-state index is -2.56. The third-order valence-corrected chi connectivity index (χ3v) is 7.27. The van der Waals surface area contributed by atoms with Gasteiger partial charge in [-0.2, -0.15) is 0 Å². The molecule has 34 heavy (non-hydrogen) atoms. The molecule has 2 heterocycles. The van der Waals surface area contributed by atoms with Crippen LogP contribution in [-0.2, 0) is 11.3 Å². The molecular weight excluding hydrogens is 462 g/mol. The zero-order valence-corrected chi connectivity index (χ0v) is 20.8. The average molecular weight is 495 g/mol. The predicted octanol–water partition coefficient (Wildman–Crippen LogP) is 7.09. The lowest BCUT2D eigenvalue weighted by Crippen LogP contribution is -2.54. The SMILES string of the molecule is CC(C)(C)OC(=O)N1CC[C@H]1Cn1cc(C(=O)CCC2CCC(F)(F)CC2)c2c(Cl)cccc21. The monoisotopic (exact) mass is 494 g/mol. The first-order valence-electron chi connectivity index (χ1n) is 12.1. The molecule has 2 aliphatic rings. The molecule has 1 aliphatic heterocycles. The molecule has 0 unspecified atom stereocenters. The zero-order valence-electron chi connectivity index (χ0n) is 20.1. The highest BCUT2D eigenvalue weighted by Gasteiger charge is 2.36. The number of amides is 1. The normalized spacial score (nSPS) is 20.9. The summed E-state index contributed by atoms with van der Waals surface area (Å²) in [5.74, 6) is -2.42. The van der Waals surface area contributed by atoms with Crippen molar-refractivity contribution in [2.45, 2.75) is 89.8 Å². The topological polar surface area (TPSA) is 51.5 Å². The van der Waals surface area contributed by atoms with E-state index in [1.165, 1.54) is 0 Å². The van der Waals surface area contributed by atoms with Crippen LogP contribution in [0, 0.1) is 5.92 Å². The number of likely N-dealkylation sites (tertiary alicyclic amines) is 1. The molecule has 8 heteroatoms. The zero-order chi connectivity index (χ0) is 24.7. The smallest absolute Gasteiger partial charge is 0.410 e. The third kappa shape index (κ3) is 5.56. The Morgan fingerprint density at radius 1 is 1.18 bits per heavy atom. The standard InChI is InChI=1S/C26H33ClF2N2O3/c1-25(2,3)34-24(33)31-14-11-18(31)15-30-16-19(23-20(27)5-4-6-21(23)30)22(32)8-7-17-9-12-26(28,29)13-10-17/h4-6,16-18H,7-15H2,1-3H3/t18-/m0/s1. The molecule has 0 spiro atoms. The number of benzene rings is 1. The molecule has 1 amide bonds. The minimum absolute atomic E-state index is 0.0173. The molecule has 4 rings (SSSR count). The lowest BCUT2D eigenvalue weighted by atomic mass is 9.83. The molecule has 1 atom stereocenters. The van der Waals surface area contributed by atoms with E-state index in [4.69, 9.17) is 16.3 Å². The number of nitrogens with zero attached hydrogens (tertiary/aromatic N) is 2. The molecule has 2 aromatic rings. The van der Waals surface area contributed by atoms with Gasteiger partial charge in [0.05, 0.1) is 16.6 Å². The summed E-state index contributed by atoms with van der Waals surface area (Å²) in [4.78, 5) is 27.4. The van der Waals surface area contributed by atoms with E-state index in [0.717, 1.165) is 11.9 Å². The Morgan fingerprint density at radius 3 is 2.50 bits per heavy atom. The summed E-state index contributed by atoms with van der Waals surface area (Å²) in [6.45, 7) is 6.72. The van der Waals surface area contributed by atoms with Gasteiger partial charge in [-0.25, -0.2) is 13.6 Å². The number of carbonyl (C=O) groups is 2. The van der Waals surface area contributed by atoms with Crippen LogP contribution in [0.2, 0.25) is 5.02 Å². The van der Waals surface area contributed by atoms with Gasteiger partial charge in [-0.05, 0) is 64.5 Å². The second kappa shape index (κ2) is 9.48. The number of ketones is 1. The van der Waals surface area contributed by atoms with Crippen LogP contribution in [0.25, 0.3) is 10.9 Å². The highest BCUT2D eigenvalue weighted by Crippen LogP contribution is 2.38. The van der Waals surface area contributed by atoms with Crippen LogP contribution in [0.3, 0.4) is 0 Å². The van der Waals surface area contributed by atoms with Gasteiger partial charge < -0.3 is 14.2 Å². The summed E-state index contributed by atoms with van der Waals surface area (Å²) in [5, 5.41) is 1.22. The van der Waals surface area contributed by atoms with E-state index in [0.29, 0.717) is 54.7 Å². The van der Waals surface area contributed by atoms with E-state index in [1.54, 1.807) is 11.0 Å². The van der Waals surface area contributed by atoms with Crippen molar-refractivity contribution in [1.82, 2.24) is 9.47 Å². The van der Waals surface area contributed by atoms with E-state index in [2.05, 4.69) is 0 Å². The first-order chi connectivity index (χ1) is 15.9. The van der Waals surface area contributed by atoms with E-state index < -0.39 is 11.5 Å². The maximum atomic E-state index is 13.4. The molecule has 0 bridgehead atoms. The number of aromatic nitrogens is 1. The van der Waals surface area contributed by atoms with Gasteiger partial charge in [0, 0.05) is 49.5 Å². The van der Waals surface area contributed by atoms with Gasteiger partial charge in [-0.3, -0.25) is 4.79 Å². The molecule has 1 saturated heterocycles. The quantitative estimate of drug-likeness (QED) is 0.403. The van der Waals surface area contributed by atoms with Gasteiger partial charge in [-0.1, -0.05) is 17.7 Å². The molecule has 0 N–H and O–H groups in total. The first kappa shape index (κ1) is 25.0. The Balaban J connectivity index is 1.48. The molecule has 1 aromatic heterocycles. The average Bonchev–Trinajstić information content (AvgIpc) is 3.09. The second-order valence-electron chi connectivity index (χ2n) is 10.7. The van der Waals surface area contributed by atoms with Crippen molar-refractivity contribution >= 4 is 34.4 Å². The van der Waals surface area contributed by atoms with Crippen molar-refractivity contribution in [3.05, 3.63) is 35.0 Å². The van der Waals surface area contributed by atoms with Crippen LogP contribution < -0.4 is 0 Å². The molecule has 1 saturated carbocycles. The highest BCUT2D eigenvalue weighted by molar-refractivity contribution is 6.37. The van der Waals surface area contributed by atoms with Crippen molar-refractivity contribution in [1.29, 1.82) is 0 Å². The number of hydrogen-bond acceptors (Lipinski definition) is 3. The Kier molecular flexibility index (Phi) is 6.96. The van der Waals surface area contributed by atoms with Crippen molar-refractivity contribution < 1.29 is 23.1 Å². The Hall–Kier alpha value is -2.15. The lowest BCUT2D eigenvalue weighted by Gasteiger charge is -2.41. The fraction of sp³-hybridized carbons (Fsp3) is 0.615. The summed E-state index contributed by atoms with van der Waals surface area (Å²) >= 11 is 6.50. The molecule has 2 fully saturated rings. The molecule has 1 aromatic carbocycles. The fourth-order valence-corrected chi connectivity index (χ4v) is 5.22. The number of ether oxygens (including phenoxy) is 1. The van der Waals surface area contributed by atoms with Gasteiger partial charge >= 0.3 is 6.09 Å². The van der Waals surface area contributed by atoms with E-state index >= 15 is 0 Å². The van der Waals surface area contributed by atoms with E-state index in [-0.39, 0.29) is 36.7 Å². The van der Waals surface area contributed by atoms with Crippen LogP contribution in [0.4, 0.5) is 13.6 Å². The highest BCUT2D eigenvalue weighted by atomic mass is 35.5. The van der Waals surface area contributed by atoms with Crippen LogP contribution in [0.1, 0.15) is 76.1 Å². The number of halogens is 3. The van der Waals surface area contributed by atoms with Gasteiger partial charge in [0.1, 0.15) is 5.60 Å². The second-order valence-corrected chi connectivity index (χ2v) is 11.1. The van der Waals surface area contributed by atoms with Gasteiger partial charge in [0.15, 0.2) is 5.78 Å². The maximum absolute atomic E-state index is 13.4. The lowest BCUT2D eigenvalue weighted by molar-refractivity contribution is -0.0464. The number of fused-ring (bicyclic) bond motifs is 1. The molecular formula is C26H33ClF2N2O3. The first-order valence-corrected chi connectivity index (χ1v) is 12.5. The number of carbonyl (C=O) groups excluding carboxylic acids is 2. The number of rotatable bonds is 6. The number of alkyl halides is 2. The van der Waals surface area contributed by atoms with Crippen molar-refractivity contribution in [2.75, 3.05) is 6.54 Å². The molecule has 186 valence electrons. The Morgan fingerprint density at radius 2 is 1.88 bits per heavy atom. The summed E-state index contributed by atoms with van der Waals surface area (Å²) in [5.41, 5.74) is 0.854. The molecule has 5 nitrogen and oxygen atoms in total. The Labute approximate surface area is 204 Å². The summed E-state index contributed by atoms with van der Waals surface area (Å²) in [6, 6.07) is 5.53. The van der Waals surface area contributed by atoms with Crippen LogP contribution in [0.15, 0.2) is 24.4 Å². The van der Waals surface area contributed by atoms with Gasteiger partial charge in [-0.15, -0.1) is 0 Å². The van der Waals surface area contributed by atoms with Crippen LogP contribution in [0.5, 0.6) is 0 Å². The van der Waals surface area contributed by atoms with Gasteiger partial charge in [0.25, 0.3) is 0 Å². The van der Waals surface area contributed by atoms with Crippen LogP contribution in [-0.4, -0.2) is 45.5 Å². The molecule has 0 radical (unpaired) electrons. The van der Waals surface area contributed by atoms with Crippen molar-refractivity contribution in [2.24, 2.45) is 5.92 Å². The summed E-state index contributed by atoms with van der Waals surface area (Å²) in [7, 11) is 0. The van der Waals surface area contributed by atoms with E-state index in [1.807, 2.05) is 43.7 Å². The summed E-state index contributed by atoms with van der Waals surface area (Å²) in [6.07, 6.45) is 4.03. The van der Waals surface area contributed by atoms with Gasteiger partial charge in [0.2, 0.25) is 5.92 Å². The number of Topliss-reactive ketones (excluding diaryl/α,β-unsaturated/α-hetero) is 1. The largest absolute Gasteiger partial charge is 0.444 e. The van der Waals surface area contributed by atoms with E-state index in [9.17, 15) is 18.4 Å². The maximum Gasteiger partial charge on any atom is 0.410 e. The minimum Gasteiger partial charge on any atom is -0.444 e.